The second-order valence-electron chi connectivity index (χ2n) is 15.5. The fourth-order valence-corrected chi connectivity index (χ4v) is 4.59. The third-order valence-electron chi connectivity index (χ3n) is 7.43. The van der Waals surface area contributed by atoms with Gasteiger partial charge in [-0.3, -0.25) is 9.59 Å². The molecule has 0 aliphatic carbocycles. The van der Waals surface area contributed by atoms with Gasteiger partial charge in [0.25, 0.3) is 0 Å². The minimum atomic E-state index is -0.851. The summed E-state index contributed by atoms with van der Waals surface area (Å²) in [5, 5.41) is 43.0. The van der Waals surface area contributed by atoms with E-state index in [-0.39, 0.29) is 33.2 Å². The summed E-state index contributed by atoms with van der Waals surface area (Å²) in [6, 6.07) is 7.29. The number of phenolic OH excluding ortho intramolecular Hbond substituents is 2. The molecule has 2 unspecified atom stereocenters. The zero-order chi connectivity index (χ0) is 35.9. The van der Waals surface area contributed by atoms with Gasteiger partial charge in [0.1, 0.15) is 11.5 Å². The Balaban J connectivity index is 0.000000748. The number of hydrogen-bond acceptors (Lipinski definition) is 5. The molecule has 0 aliphatic rings. The fourth-order valence-electron chi connectivity index (χ4n) is 4.45. The van der Waals surface area contributed by atoms with Gasteiger partial charge in [0.05, 0.1) is 11.8 Å². The summed E-state index contributed by atoms with van der Waals surface area (Å²) in [7, 11) is 0. The highest BCUT2D eigenvalue weighted by atomic mass is 32.2. The van der Waals surface area contributed by atoms with Crippen LogP contribution in [-0.4, -0.2) is 32.4 Å². The van der Waals surface area contributed by atoms with E-state index in [1.807, 2.05) is 107 Å². The Kier molecular flexibility index (Phi) is 14.8. The third kappa shape index (κ3) is 12.3. The summed E-state index contributed by atoms with van der Waals surface area (Å²) >= 11 is 1.49. The number of rotatable bonds is 6. The van der Waals surface area contributed by atoms with Gasteiger partial charge in [0, 0.05) is 0 Å². The highest BCUT2D eigenvalue weighted by Gasteiger charge is 2.30. The van der Waals surface area contributed by atoms with E-state index in [0.29, 0.717) is 0 Å². The lowest BCUT2D eigenvalue weighted by molar-refractivity contribution is -0.139. The number of hydrogen-bond donors (Lipinski definition) is 4. The van der Waals surface area contributed by atoms with Gasteiger partial charge in [-0.1, -0.05) is 121 Å². The van der Waals surface area contributed by atoms with Crippen molar-refractivity contribution in [3.05, 3.63) is 81.6 Å². The summed E-state index contributed by atoms with van der Waals surface area (Å²) in [5.41, 5.74) is 3.73. The molecule has 0 fully saturated rings. The number of carboxylic acid groups (broad SMARTS) is 2. The molecule has 7 heteroatoms. The first kappa shape index (κ1) is 41.8. The van der Waals surface area contributed by atoms with Gasteiger partial charge < -0.3 is 20.4 Å². The highest BCUT2D eigenvalue weighted by Crippen LogP contribution is 2.42. The SMILES string of the molecule is C=CSC=C.CC(C(=O)O)c1cc(C(C)(C)C)c(O)c(C(C)(C)C)c1.CC(C(=O)O)c1cc(C(C)(C)C)c(O)c(C(C)(C)C)c1. The minimum absolute atomic E-state index is 0.238. The van der Waals surface area contributed by atoms with Gasteiger partial charge in [-0.2, -0.15) is 0 Å². The van der Waals surface area contributed by atoms with Crippen molar-refractivity contribution in [1.82, 2.24) is 0 Å². The molecule has 0 aliphatic heterocycles. The van der Waals surface area contributed by atoms with Crippen LogP contribution in [0.3, 0.4) is 0 Å². The molecule has 0 amide bonds. The molecule has 2 atom stereocenters. The van der Waals surface area contributed by atoms with E-state index in [2.05, 4.69) is 13.2 Å². The molecule has 0 aromatic heterocycles. The molecule has 0 spiro atoms. The van der Waals surface area contributed by atoms with Gasteiger partial charge in [-0.25, -0.2) is 0 Å². The monoisotopic (exact) mass is 642 g/mol. The summed E-state index contributed by atoms with van der Waals surface area (Å²) in [4.78, 5) is 22.5. The molecular formula is C38H58O6S. The lowest BCUT2D eigenvalue weighted by Crippen LogP contribution is -2.19. The van der Waals surface area contributed by atoms with Crippen molar-refractivity contribution in [2.45, 2.75) is 130 Å². The maximum atomic E-state index is 11.2. The average molecular weight is 643 g/mol. The molecule has 0 bridgehead atoms. The first-order valence-corrected chi connectivity index (χ1v) is 16.2. The number of aliphatic carboxylic acids is 2. The molecule has 0 saturated carbocycles. The number of phenols is 2. The van der Waals surface area contributed by atoms with Gasteiger partial charge in [-0.15, -0.1) is 11.8 Å². The third-order valence-corrected chi connectivity index (χ3v) is 7.81. The van der Waals surface area contributed by atoms with E-state index in [1.165, 1.54) is 11.8 Å². The van der Waals surface area contributed by atoms with E-state index >= 15 is 0 Å². The van der Waals surface area contributed by atoms with E-state index in [1.54, 1.807) is 24.7 Å². The van der Waals surface area contributed by atoms with E-state index in [9.17, 15) is 30.0 Å². The molecule has 4 N–H and O–H groups in total. The van der Waals surface area contributed by atoms with Crippen LogP contribution in [0.4, 0.5) is 0 Å². The van der Waals surface area contributed by atoms with Crippen LogP contribution >= 0.6 is 11.8 Å². The van der Waals surface area contributed by atoms with E-state index in [0.717, 1.165) is 33.4 Å². The largest absolute Gasteiger partial charge is 0.507 e. The standard InChI is InChI=1S/2C17H26O3.C4H6S/c2*1-10(15(19)20)11-8-12(16(2,3)4)14(18)13(9-11)17(5,6)7;1-3-5-4-2/h2*8-10,18H,1-7H3,(H,19,20);3-4H,1-2H2. The number of aromatic hydroxyl groups is 2. The van der Waals surface area contributed by atoms with Crippen LogP contribution in [0, 0.1) is 0 Å². The zero-order valence-corrected chi connectivity index (χ0v) is 30.9. The van der Waals surface area contributed by atoms with Gasteiger partial charge in [0.15, 0.2) is 0 Å². The molecule has 0 radical (unpaired) electrons. The average Bonchev–Trinajstić information content (AvgIpc) is 2.86. The quantitative estimate of drug-likeness (QED) is 0.248. The number of carbonyl (C=O) groups is 2. The van der Waals surface area contributed by atoms with E-state index in [4.69, 9.17) is 0 Å². The molecule has 0 heterocycles. The second-order valence-corrected chi connectivity index (χ2v) is 16.5. The molecule has 2 aromatic carbocycles. The maximum Gasteiger partial charge on any atom is 0.310 e. The number of benzene rings is 2. The summed E-state index contributed by atoms with van der Waals surface area (Å²) in [6.07, 6.45) is 0. The van der Waals surface area contributed by atoms with Gasteiger partial charge in [-0.05, 0) is 79.7 Å². The predicted octanol–water partition coefficient (Wildman–Crippen LogP) is 10.4. The number of carboxylic acids is 2. The second kappa shape index (κ2) is 15.9. The topological polar surface area (TPSA) is 115 Å². The van der Waals surface area contributed by atoms with Crippen molar-refractivity contribution in [3.63, 3.8) is 0 Å². The van der Waals surface area contributed by atoms with Crippen molar-refractivity contribution in [2.75, 3.05) is 0 Å². The van der Waals surface area contributed by atoms with Crippen LogP contribution in [0.5, 0.6) is 11.5 Å². The molecule has 2 rings (SSSR count). The zero-order valence-electron chi connectivity index (χ0n) is 30.0. The highest BCUT2D eigenvalue weighted by molar-refractivity contribution is 8.04. The Hall–Kier alpha value is -3.19. The first-order chi connectivity index (χ1) is 20.1. The molecule has 252 valence electrons. The van der Waals surface area contributed by atoms with Crippen molar-refractivity contribution in [3.8, 4) is 11.5 Å². The van der Waals surface area contributed by atoms with Gasteiger partial charge >= 0.3 is 11.9 Å². The van der Waals surface area contributed by atoms with Crippen molar-refractivity contribution in [1.29, 1.82) is 0 Å². The van der Waals surface area contributed by atoms with Crippen LogP contribution in [0.25, 0.3) is 0 Å². The molecule has 6 nitrogen and oxygen atoms in total. The summed E-state index contributed by atoms with van der Waals surface area (Å²) in [6.45, 7) is 34.4. The first-order valence-electron chi connectivity index (χ1n) is 15.2. The Morgan fingerprint density at radius 2 is 0.778 bits per heavy atom. The molecular weight excluding hydrogens is 584 g/mol. The minimum Gasteiger partial charge on any atom is -0.507 e. The molecule has 45 heavy (non-hydrogen) atoms. The van der Waals surface area contributed by atoms with Crippen LogP contribution in [0.2, 0.25) is 0 Å². The van der Waals surface area contributed by atoms with Crippen molar-refractivity contribution in [2.24, 2.45) is 0 Å². The van der Waals surface area contributed by atoms with Crippen LogP contribution in [0.15, 0.2) is 48.2 Å². The normalized spacial score (nSPS) is 13.3. The summed E-state index contributed by atoms with van der Waals surface area (Å²) in [5.74, 6) is -2.31. The van der Waals surface area contributed by atoms with Crippen molar-refractivity contribution < 1.29 is 30.0 Å². The smallest absolute Gasteiger partial charge is 0.310 e. The Morgan fingerprint density at radius 1 is 0.578 bits per heavy atom. The van der Waals surface area contributed by atoms with Crippen LogP contribution in [0.1, 0.15) is 142 Å². The molecule has 2 aromatic rings. The Bertz CT molecular complexity index is 1170. The Morgan fingerprint density at radius 3 is 0.889 bits per heavy atom. The van der Waals surface area contributed by atoms with E-state index < -0.39 is 23.8 Å². The van der Waals surface area contributed by atoms with Gasteiger partial charge in [0.2, 0.25) is 0 Å². The molecule has 0 saturated heterocycles. The maximum absolute atomic E-state index is 11.2. The lowest BCUT2D eigenvalue weighted by Gasteiger charge is -2.28. The number of thioether (sulfide) groups is 1. The fraction of sp³-hybridized carbons (Fsp3) is 0.526. The van der Waals surface area contributed by atoms with Crippen molar-refractivity contribution >= 4 is 23.7 Å². The predicted molar refractivity (Wildman–Crippen MR) is 191 cm³/mol. The van der Waals surface area contributed by atoms with Crippen LogP contribution in [-0.2, 0) is 31.2 Å². The lowest BCUT2D eigenvalue weighted by atomic mass is 9.77. The van der Waals surface area contributed by atoms with Crippen LogP contribution < -0.4 is 0 Å². The Labute approximate surface area is 276 Å². The summed E-state index contributed by atoms with van der Waals surface area (Å²) < 4.78 is 0.